The van der Waals surface area contributed by atoms with Crippen LogP contribution in [0.2, 0.25) is 0 Å². The molecule has 0 radical (unpaired) electrons. The van der Waals surface area contributed by atoms with Gasteiger partial charge in [-0.2, -0.15) is 0 Å². The van der Waals surface area contributed by atoms with Crippen molar-refractivity contribution in [3.63, 3.8) is 0 Å². The second-order valence-corrected chi connectivity index (χ2v) is 32.0. The van der Waals surface area contributed by atoms with Crippen LogP contribution in [-0.4, -0.2) is 96.7 Å². The zero-order valence-corrected chi connectivity index (χ0v) is 66.1. The highest BCUT2D eigenvalue weighted by Gasteiger charge is 2.30. The molecule has 0 aliphatic carbocycles. The van der Waals surface area contributed by atoms with Crippen LogP contribution >= 0.6 is 15.6 Å². The summed E-state index contributed by atoms with van der Waals surface area (Å²) in [7, 11) is -9.93. The van der Waals surface area contributed by atoms with Gasteiger partial charge < -0.3 is 33.8 Å². The number of carbonyl (C=O) groups is 4. The Kier molecular flexibility index (Phi) is 69.4. The van der Waals surface area contributed by atoms with Gasteiger partial charge in [0, 0.05) is 25.7 Å². The lowest BCUT2D eigenvalue weighted by Gasteiger charge is -2.21. The van der Waals surface area contributed by atoms with E-state index in [-0.39, 0.29) is 25.7 Å². The zero-order chi connectivity index (χ0) is 72.8. The number of allylic oxidation sites excluding steroid dienone is 4. The van der Waals surface area contributed by atoms with Crippen LogP contribution in [0.1, 0.15) is 395 Å². The Morgan fingerprint density at radius 3 is 0.828 bits per heavy atom. The fraction of sp³-hybridized carbons (Fsp3) is 0.900. The average molecular weight is 1450 g/mol. The first-order chi connectivity index (χ1) is 47.9. The van der Waals surface area contributed by atoms with Crippen LogP contribution in [0.3, 0.4) is 0 Å². The minimum atomic E-state index is -4.97. The van der Waals surface area contributed by atoms with Crippen LogP contribution in [0.5, 0.6) is 0 Å². The monoisotopic (exact) mass is 1450 g/mol. The third-order valence-corrected chi connectivity index (χ3v) is 20.0. The molecule has 0 aliphatic heterocycles. The van der Waals surface area contributed by atoms with Gasteiger partial charge in [0.1, 0.15) is 19.3 Å². The molecule has 0 saturated heterocycles. The Balaban J connectivity index is 5.25. The van der Waals surface area contributed by atoms with Crippen LogP contribution in [-0.2, 0) is 65.4 Å². The summed E-state index contributed by atoms with van der Waals surface area (Å²) in [5.41, 5.74) is 0. The maximum Gasteiger partial charge on any atom is 0.472 e. The molecule has 0 fully saturated rings. The van der Waals surface area contributed by atoms with Crippen molar-refractivity contribution in [2.75, 3.05) is 39.6 Å². The molecule has 0 saturated carbocycles. The molecule has 0 heterocycles. The highest BCUT2D eigenvalue weighted by atomic mass is 31.2. The second kappa shape index (κ2) is 71.2. The number of hydrogen-bond acceptors (Lipinski definition) is 15. The van der Waals surface area contributed by atoms with E-state index in [0.717, 1.165) is 121 Å². The van der Waals surface area contributed by atoms with Crippen molar-refractivity contribution in [3.05, 3.63) is 24.3 Å². The van der Waals surface area contributed by atoms with E-state index in [1.807, 2.05) is 0 Å². The molecule has 5 atom stereocenters. The summed E-state index contributed by atoms with van der Waals surface area (Å²) >= 11 is 0. The van der Waals surface area contributed by atoms with Gasteiger partial charge in [-0.05, 0) is 63.2 Å². The Labute approximate surface area is 605 Å². The fourth-order valence-corrected chi connectivity index (χ4v) is 13.4. The van der Waals surface area contributed by atoms with Crippen molar-refractivity contribution in [1.82, 2.24) is 0 Å². The summed E-state index contributed by atoms with van der Waals surface area (Å²) in [5.74, 6) is -0.684. The molecule has 19 heteroatoms. The van der Waals surface area contributed by atoms with Gasteiger partial charge in [0.2, 0.25) is 0 Å². The number of aliphatic hydroxyl groups is 1. The zero-order valence-electron chi connectivity index (χ0n) is 64.3. The molecule has 0 aromatic heterocycles. The van der Waals surface area contributed by atoms with Crippen molar-refractivity contribution in [2.45, 2.75) is 413 Å². The predicted octanol–water partition coefficient (Wildman–Crippen LogP) is 23.4. The lowest BCUT2D eigenvalue weighted by Crippen LogP contribution is -2.30. The summed E-state index contributed by atoms with van der Waals surface area (Å²) in [6.07, 6.45) is 63.4. The normalized spacial score (nSPS) is 14.1. The summed E-state index contributed by atoms with van der Waals surface area (Å²) in [6, 6.07) is 0. The van der Waals surface area contributed by atoms with Gasteiger partial charge in [0.25, 0.3) is 0 Å². The fourth-order valence-electron chi connectivity index (χ4n) is 11.8. The number of carbonyl (C=O) groups excluding carboxylic acids is 4. The molecule has 0 bridgehead atoms. The number of ether oxygens (including phenoxy) is 4. The molecule has 0 spiro atoms. The van der Waals surface area contributed by atoms with Crippen LogP contribution in [0.25, 0.3) is 0 Å². The number of esters is 4. The van der Waals surface area contributed by atoms with Crippen LogP contribution < -0.4 is 0 Å². The highest BCUT2D eigenvalue weighted by Crippen LogP contribution is 2.45. The number of aliphatic hydroxyl groups excluding tert-OH is 1. The Bertz CT molecular complexity index is 2000. The molecule has 584 valence electrons. The van der Waals surface area contributed by atoms with Crippen molar-refractivity contribution >= 4 is 39.5 Å². The first-order valence-corrected chi connectivity index (χ1v) is 43.8. The van der Waals surface area contributed by atoms with Gasteiger partial charge >= 0.3 is 39.5 Å². The molecule has 0 aliphatic rings. The molecular formula is C80H152O17P2. The van der Waals surface area contributed by atoms with Crippen molar-refractivity contribution in [1.29, 1.82) is 0 Å². The molecule has 0 amide bonds. The second-order valence-electron chi connectivity index (χ2n) is 29.1. The van der Waals surface area contributed by atoms with E-state index < -0.39 is 97.5 Å². The van der Waals surface area contributed by atoms with Gasteiger partial charge in [-0.25, -0.2) is 9.13 Å². The van der Waals surface area contributed by atoms with Crippen molar-refractivity contribution in [2.24, 2.45) is 11.8 Å². The molecule has 17 nitrogen and oxygen atoms in total. The molecule has 0 aromatic rings. The number of phosphoric ester groups is 2. The maximum absolute atomic E-state index is 13.1. The Morgan fingerprint density at radius 2 is 0.545 bits per heavy atom. The smallest absolute Gasteiger partial charge is 0.462 e. The summed E-state index contributed by atoms with van der Waals surface area (Å²) in [6.45, 7) is 9.49. The molecule has 0 rings (SSSR count). The lowest BCUT2D eigenvalue weighted by molar-refractivity contribution is -0.161. The quantitative estimate of drug-likeness (QED) is 0.0169. The predicted molar refractivity (Wildman–Crippen MR) is 404 cm³/mol. The number of unbranched alkanes of at least 4 members (excludes halogenated alkanes) is 44. The first kappa shape index (κ1) is 96.5. The van der Waals surface area contributed by atoms with Crippen molar-refractivity contribution in [3.8, 4) is 0 Å². The first-order valence-electron chi connectivity index (χ1n) is 40.8. The van der Waals surface area contributed by atoms with Gasteiger partial charge in [-0.3, -0.25) is 37.3 Å². The van der Waals surface area contributed by atoms with E-state index in [1.165, 1.54) is 193 Å². The van der Waals surface area contributed by atoms with Gasteiger partial charge in [0.05, 0.1) is 26.4 Å². The van der Waals surface area contributed by atoms with Gasteiger partial charge in [-0.15, -0.1) is 0 Å². The standard InChI is InChI=1S/C80H152O17P2/c1-7-9-11-13-15-17-19-21-23-24-25-26-27-28-30-32-34-38-46-52-58-64-79(84)96-75(68-90-77(82)62-56-50-44-37-33-31-29-22-20-18-16-14-12-10-8-2)70-94-98(86,87)92-66-74(81)67-93-99(88,89)95-71-76(69-91-78(83)63-57-51-45-41-40-43-49-55-61-73(5)6)97-80(85)65-59-53-47-39-35-36-42-48-54-60-72(3)4/h18,20,22,29,72-76,81H,7-17,19,21,23-28,30-71H2,1-6H3,(H,86,87)(H,88,89)/b20-18-,29-22-/t74-,75-,76-/m1/s1. The van der Waals surface area contributed by atoms with E-state index >= 15 is 0 Å². The van der Waals surface area contributed by atoms with Gasteiger partial charge in [0.15, 0.2) is 12.2 Å². The Hall–Kier alpha value is -2.46. The molecule has 3 N–H and O–H groups in total. The number of phosphoric acid groups is 2. The summed E-state index contributed by atoms with van der Waals surface area (Å²) in [4.78, 5) is 72.9. The molecule has 99 heavy (non-hydrogen) atoms. The minimum Gasteiger partial charge on any atom is -0.462 e. The van der Waals surface area contributed by atoms with Crippen LogP contribution in [0.4, 0.5) is 0 Å². The SMILES string of the molecule is CCCCCC/C=C\C=C/CCCCCCCC(=O)OC[C@H](COP(=O)(O)OC[C@@H](O)COP(=O)(O)OC[C@@H](COC(=O)CCCCCCCCCCC(C)C)OC(=O)CCCCCCCCCCCC(C)C)OC(=O)CCCCCCCCCCCCCCCCCCCCCCC. The molecule has 2 unspecified atom stereocenters. The molecular weight excluding hydrogens is 1290 g/mol. The minimum absolute atomic E-state index is 0.102. The summed E-state index contributed by atoms with van der Waals surface area (Å²) < 4.78 is 68.6. The third kappa shape index (κ3) is 73.6. The highest BCUT2D eigenvalue weighted by molar-refractivity contribution is 7.47. The lowest BCUT2D eigenvalue weighted by atomic mass is 10.0. The van der Waals surface area contributed by atoms with E-state index in [2.05, 4.69) is 65.8 Å². The van der Waals surface area contributed by atoms with E-state index in [9.17, 15) is 43.2 Å². The number of rotatable bonds is 77. The largest absolute Gasteiger partial charge is 0.472 e. The number of hydrogen-bond donors (Lipinski definition) is 3. The van der Waals surface area contributed by atoms with E-state index in [1.54, 1.807) is 0 Å². The van der Waals surface area contributed by atoms with E-state index in [0.29, 0.717) is 25.7 Å². The van der Waals surface area contributed by atoms with Crippen molar-refractivity contribution < 1.29 is 80.2 Å². The summed E-state index contributed by atoms with van der Waals surface area (Å²) in [5, 5.41) is 10.6. The van der Waals surface area contributed by atoms with E-state index in [4.69, 9.17) is 37.0 Å². The average Bonchev–Trinajstić information content (AvgIpc) is 1.01. The third-order valence-electron chi connectivity index (χ3n) is 18.1. The molecule has 0 aromatic carbocycles. The maximum atomic E-state index is 13.1. The Morgan fingerprint density at radius 1 is 0.313 bits per heavy atom. The van der Waals surface area contributed by atoms with Crippen LogP contribution in [0, 0.1) is 11.8 Å². The van der Waals surface area contributed by atoms with Crippen LogP contribution in [0.15, 0.2) is 24.3 Å². The van der Waals surface area contributed by atoms with Gasteiger partial charge in [-0.1, -0.05) is 342 Å². The topological polar surface area (TPSA) is 237 Å².